The maximum atomic E-state index is 14.0. The molecule has 0 bridgehead atoms. The maximum absolute atomic E-state index is 14.0. The molecule has 1 aromatic carbocycles. The van der Waals surface area contributed by atoms with E-state index in [1.54, 1.807) is 12.1 Å². The molecule has 2 fully saturated rings. The number of carbonyl (C=O) groups excluding carboxylic acids is 1. The Morgan fingerprint density at radius 2 is 1.96 bits per heavy atom. The van der Waals surface area contributed by atoms with Gasteiger partial charge in [0.15, 0.2) is 11.6 Å². The highest BCUT2D eigenvalue weighted by Crippen LogP contribution is 2.28. The van der Waals surface area contributed by atoms with Crippen LogP contribution < -0.4 is 15.4 Å². The van der Waals surface area contributed by atoms with E-state index in [1.807, 2.05) is 0 Å². The van der Waals surface area contributed by atoms with Gasteiger partial charge in [0.1, 0.15) is 0 Å². The number of anilines is 1. The summed E-state index contributed by atoms with van der Waals surface area (Å²) in [6.45, 7) is 1.15. The van der Waals surface area contributed by atoms with Crippen molar-refractivity contribution in [3.63, 3.8) is 0 Å². The van der Waals surface area contributed by atoms with E-state index in [0.29, 0.717) is 5.69 Å². The predicted octanol–water partition coefficient (Wildman–Crippen LogP) is 3.51. The largest absolute Gasteiger partial charge is 0.487 e. The molecule has 0 atom stereocenters. The van der Waals surface area contributed by atoms with Crippen LogP contribution in [0.2, 0.25) is 0 Å². The van der Waals surface area contributed by atoms with Crippen LogP contribution in [0.15, 0.2) is 18.2 Å². The molecule has 2 aliphatic rings. The fraction of sp³-hybridized carbons (Fsp3) is 0.588. The second-order valence-electron chi connectivity index (χ2n) is 6.29. The lowest BCUT2D eigenvalue weighted by Crippen LogP contribution is -2.29. The van der Waals surface area contributed by atoms with Crippen LogP contribution in [0, 0.1) is 11.7 Å². The smallest absolute Gasteiger partial charge is 0.238 e. The van der Waals surface area contributed by atoms with E-state index in [0.717, 1.165) is 38.1 Å². The van der Waals surface area contributed by atoms with Gasteiger partial charge in [0.2, 0.25) is 5.91 Å². The molecule has 2 saturated carbocycles. The fourth-order valence-electron chi connectivity index (χ4n) is 2.78. The van der Waals surface area contributed by atoms with Gasteiger partial charge in [-0.3, -0.25) is 4.79 Å². The first-order valence-corrected chi connectivity index (χ1v) is 8.17. The molecule has 2 N–H and O–H groups in total. The Bertz CT molecular complexity index is 531. The lowest BCUT2D eigenvalue weighted by Gasteiger charge is -2.14. The number of rotatable bonds is 7. The summed E-state index contributed by atoms with van der Waals surface area (Å²) in [6, 6.07) is 4.61. The van der Waals surface area contributed by atoms with E-state index in [4.69, 9.17) is 4.74 Å². The summed E-state index contributed by atoms with van der Waals surface area (Å²) < 4.78 is 19.7. The number of nitrogens with one attached hydrogen (secondary N) is 2. The van der Waals surface area contributed by atoms with E-state index >= 15 is 0 Å². The van der Waals surface area contributed by atoms with Crippen molar-refractivity contribution in [1.82, 2.24) is 5.32 Å². The highest BCUT2D eigenvalue weighted by atomic mass is 35.5. The predicted molar refractivity (Wildman–Crippen MR) is 90.8 cm³/mol. The zero-order chi connectivity index (χ0) is 15.4. The number of hydrogen-bond acceptors (Lipinski definition) is 3. The average Bonchev–Trinajstić information content (AvgIpc) is 3.16. The van der Waals surface area contributed by atoms with Gasteiger partial charge in [-0.2, -0.15) is 0 Å². The molecule has 23 heavy (non-hydrogen) atoms. The van der Waals surface area contributed by atoms with Crippen molar-refractivity contribution in [2.75, 3.05) is 18.4 Å². The summed E-state index contributed by atoms with van der Waals surface area (Å²) in [6.07, 6.45) is 6.91. The normalized spacial score (nSPS) is 17.6. The first-order chi connectivity index (χ1) is 10.7. The number of benzene rings is 1. The maximum Gasteiger partial charge on any atom is 0.238 e. The molecule has 2 aliphatic carbocycles. The van der Waals surface area contributed by atoms with Crippen LogP contribution in [0.5, 0.6) is 5.75 Å². The Morgan fingerprint density at radius 3 is 2.61 bits per heavy atom. The molecule has 6 heteroatoms. The highest BCUT2D eigenvalue weighted by Gasteiger charge is 2.21. The average molecular weight is 343 g/mol. The Labute approximate surface area is 142 Å². The minimum absolute atomic E-state index is 0. The summed E-state index contributed by atoms with van der Waals surface area (Å²) in [5.74, 6) is 0.439. The molecule has 0 aromatic heterocycles. The van der Waals surface area contributed by atoms with Crippen molar-refractivity contribution in [2.45, 2.75) is 44.6 Å². The molecule has 0 aliphatic heterocycles. The Hall–Kier alpha value is -1.33. The molecule has 128 valence electrons. The van der Waals surface area contributed by atoms with E-state index in [1.165, 1.54) is 18.9 Å². The van der Waals surface area contributed by atoms with Crippen molar-refractivity contribution >= 4 is 24.0 Å². The molecule has 0 radical (unpaired) electrons. The Balaban J connectivity index is 0.00000192. The third-order valence-electron chi connectivity index (χ3n) is 4.23. The number of carbonyl (C=O) groups is 1. The SMILES string of the molecule is Cl.O=C(CNCC1CC1)Nc1ccc(OC2CCCC2)c(F)c1. The van der Waals surface area contributed by atoms with Crippen molar-refractivity contribution in [3.05, 3.63) is 24.0 Å². The molecule has 0 heterocycles. The fourth-order valence-corrected chi connectivity index (χ4v) is 2.78. The highest BCUT2D eigenvalue weighted by molar-refractivity contribution is 5.92. The van der Waals surface area contributed by atoms with Gasteiger partial charge in [-0.1, -0.05) is 0 Å². The standard InChI is InChI=1S/C17H23FN2O2.ClH/c18-15-9-13(20-17(21)11-19-10-12-5-6-12)7-8-16(15)22-14-3-1-2-4-14;/h7-9,12,14,19H,1-6,10-11H2,(H,20,21);1H. The Kier molecular flexibility index (Phi) is 6.66. The summed E-state index contributed by atoms with van der Waals surface area (Å²) in [5, 5.41) is 5.81. The minimum Gasteiger partial charge on any atom is -0.487 e. The van der Waals surface area contributed by atoms with Gasteiger partial charge in [0, 0.05) is 11.8 Å². The Morgan fingerprint density at radius 1 is 1.22 bits per heavy atom. The first kappa shape index (κ1) is 18.0. The van der Waals surface area contributed by atoms with Crippen LogP contribution in [0.3, 0.4) is 0 Å². The van der Waals surface area contributed by atoms with Crippen molar-refractivity contribution in [1.29, 1.82) is 0 Å². The number of halogens is 2. The molecule has 0 unspecified atom stereocenters. The third kappa shape index (κ3) is 5.66. The van der Waals surface area contributed by atoms with Gasteiger partial charge in [-0.05, 0) is 63.1 Å². The molecular formula is C17H24ClFN2O2. The third-order valence-corrected chi connectivity index (χ3v) is 4.23. The molecule has 1 aromatic rings. The van der Waals surface area contributed by atoms with Gasteiger partial charge >= 0.3 is 0 Å². The van der Waals surface area contributed by atoms with Crippen LogP contribution >= 0.6 is 12.4 Å². The summed E-state index contributed by atoms with van der Waals surface area (Å²) in [5.41, 5.74) is 0.467. The van der Waals surface area contributed by atoms with Crippen molar-refractivity contribution < 1.29 is 13.9 Å². The van der Waals surface area contributed by atoms with Gasteiger partial charge in [-0.15, -0.1) is 12.4 Å². The summed E-state index contributed by atoms with van der Waals surface area (Å²) in [4.78, 5) is 11.8. The molecule has 1 amide bonds. The number of amides is 1. The minimum atomic E-state index is -0.421. The zero-order valence-corrected chi connectivity index (χ0v) is 14.0. The van der Waals surface area contributed by atoms with Gasteiger partial charge in [0.05, 0.1) is 12.6 Å². The van der Waals surface area contributed by atoms with Crippen molar-refractivity contribution in [2.24, 2.45) is 5.92 Å². The van der Waals surface area contributed by atoms with Crippen LogP contribution in [0.4, 0.5) is 10.1 Å². The molecular weight excluding hydrogens is 319 g/mol. The number of hydrogen-bond donors (Lipinski definition) is 2. The summed E-state index contributed by atoms with van der Waals surface area (Å²) in [7, 11) is 0. The van der Waals surface area contributed by atoms with Gasteiger partial charge in [0.25, 0.3) is 0 Å². The lowest BCUT2D eigenvalue weighted by atomic mass is 10.2. The van der Waals surface area contributed by atoms with Crippen LogP contribution in [-0.2, 0) is 4.79 Å². The van der Waals surface area contributed by atoms with E-state index in [2.05, 4.69) is 10.6 Å². The number of ether oxygens (including phenoxy) is 1. The molecule has 0 spiro atoms. The van der Waals surface area contributed by atoms with E-state index < -0.39 is 5.82 Å². The van der Waals surface area contributed by atoms with E-state index in [9.17, 15) is 9.18 Å². The first-order valence-electron chi connectivity index (χ1n) is 8.17. The van der Waals surface area contributed by atoms with E-state index in [-0.39, 0.29) is 36.7 Å². The monoisotopic (exact) mass is 342 g/mol. The molecule has 0 saturated heterocycles. The quantitative estimate of drug-likeness (QED) is 0.797. The van der Waals surface area contributed by atoms with Crippen LogP contribution in [0.1, 0.15) is 38.5 Å². The van der Waals surface area contributed by atoms with Crippen LogP contribution in [0.25, 0.3) is 0 Å². The second-order valence-corrected chi connectivity index (χ2v) is 6.29. The topological polar surface area (TPSA) is 50.4 Å². The van der Waals surface area contributed by atoms with Crippen LogP contribution in [-0.4, -0.2) is 25.1 Å². The van der Waals surface area contributed by atoms with Gasteiger partial charge < -0.3 is 15.4 Å². The second kappa shape index (κ2) is 8.50. The lowest BCUT2D eigenvalue weighted by molar-refractivity contribution is -0.115. The summed E-state index contributed by atoms with van der Waals surface area (Å²) >= 11 is 0. The molecule has 4 nitrogen and oxygen atoms in total. The van der Waals surface area contributed by atoms with Gasteiger partial charge in [-0.25, -0.2) is 4.39 Å². The van der Waals surface area contributed by atoms with Crippen molar-refractivity contribution in [3.8, 4) is 5.75 Å². The zero-order valence-electron chi connectivity index (χ0n) is 13.1. The molecule has 3 rings (SSSR count).